The minimum absolute atomic E-state index is 0.468. The molecule has 0 unspecified atom stereocenters. The van der Waals surface area contributed by atoms with Crippen LogP contribution < -0.4 is 11.5 Å². The molecule has 0 bridgehead atoms. The molecule has 0 amide bonds. The fourth-order valence-electron chi connectivity index (χ4n) is 2.21. The van der Waals surface area contributed by atoms with Crippen LogP contribution in [0.25, 0.3) is 11.1 Å². The Labute approximate surface area is 100 Å². The first-order chi connectivity index (χ1) is 8.25. The van der Waals surface area contributed by atoms with E-state index in [1.807, 2.05) is 12.1 Å². The monoisotopic (exact) mass is 225 g/mol. The van der Waals surface area contributed by atoms with Gasteiger partial charge in [0, 0.05) is 5.56 Å². The molecule has 3 rings (SSSR count). The summed E-state index contributed by atoms with van der Waals surface area (Å²) >= 11 is 0. The van der Waals surface area contributed by atoms with Gasteiger partial charge in [-0.3, -0.25) is 0 Å². The summed E-state index contributed by atoms with van der Waals surface area (Å²) in [5, 5.41) is 0. The van der Waals surface area contributed by atoms with Gasteiger partial charge in [-0.2, -0.15) is 0 Å². The maximum Gasteiger partial charge on any atom is 0.133 e. The molecule has 1 aromatic heterocycles. The molecule has 1 aliphatic carbocycles. The van der Waals surface area contributed by atoms with Gasteiger partial charge < -0.3 is 11.5 Å². The van der Waals surface area contributed by atoms with E-state index in [0.29, 0.717) is 17.6 Å². The number of nitrogen functional groups attached to an aromatic ring is 2. The Balaban J connectivity index is 2.14. The highest BCUT2D eigenvalue weighted by Crippen LogP contribution is 2.45. The summed E-state index contributed by atoms with van der Waals surface area (Å²) in [6.45, 7) is 0. The number of hydrogen-bond acceptors (Lipinski definition) is 3. The van der Waals surface area contributed by atoms with E-state index in [9.17, 15) is 0 Å². The molecule has 4 N–H and O–H groups in total. The summed E-state index contributed by atoms with van der Waals surface area (Å²) in [5.41, 5.74) is 15.1. The molecule has 3 heteroatoms. The first-order valence-corrected chi connectivity index (χ1v) is 5.87. The number of aromatic nitrogens is 1. The zero-order valence-corrected chi connectivity index (χ0v) is 9.56. The van der Waals surface area contributed by atoms with Gasteiger partial charge >= 0.3 is 0 Å². The summed E-state index contributed by atoms with van der Waals surface area (Å²) in [5.74, 6) is 1.68. The third kappa shape index (κ3) is 1.84. The van der Waals surface area contributed by atoms with Crippen molar-refractivity contribution in [2.45, 2.75) is 18.8 Å². The molecule has 17 heavy (non-hydrogen) atoms. The quantitative estimate of drug-likeness (QED) is 0.826. The number of anilines is 2. The van der Waals surface area contributed by atoms with Gasteiger partial charge in [0.15, 0.2) is 0 Å². The van der Waals surface area contributed by atoms with E-state index in [1.54, 1.807) is 6.07 Å². The normalized spacial score (nSPS) is 14.8. The summed E-state index contributed by atoms with van der Waals surface area (Å²) < 4.78 is 0. The highest BCUT2D eigenvalue weighted by Gasteiger charge is 2.26. The highest BCUT2D eigenvalue weighted by molar-refractivity contribution is 5.78. The lowest BCUT2D eigenvalue weighted by molar-refractivity contribution is 1.13. The fraction of sp³-hybridized carbons (Fsp3) is 0.214. The van der Waals surface area contributed by atoms with E-state index in [2.05, 4.69) is 23.2 Å². The van der Waals surface area contributed by atoms with Crippen molar-refractivity contribution in [3.05, 3.63) is 42.0 Å². The first-order valence-electron chi connectivity index (χ1n) is 5.87. The molecule has 1 saturated carbocycles. The minimum Gasteiger partial charge on any atom is -0.384 e. The number of nitrogens with two attached hydrogens (primary N) is 2. The zero-order chi connectivity index (χ0) is 11.8. The van der Waals surface area contributed by atoms with Crippen LogP contribution in [0.4, 0.5) is 11.6 Å². The third-order valence-electron chi connectivity index (χ3n) is 3.21. The smallest absolute Gasteiger partial charge is 0.133 e. The Morgan fingerprint density at radius 3 is 2.41 bits per heavy atom. The number of pyridine rings is 1. The maximum absolute atomic E-state index is 5.95. The van der Waals surface area contributed by atoms with Gasteiger partial charge in [0.1, 0.15) is 11.6 Å². The van der Waals surface area contributed by atoms with Gasteiger partial charge in [-0.15, -0.1) is 0 Å². The molecule has 0 radical (unpaired) electrons. The Hall–Kier alpha value is -2.03. The number of nitrogens with zero attached hydrogens (tertiary/aromatic N) is 1. The van der Waals surface area contributed by atoms with E-state index in [4.69, 9.17) is 11.5 Å². The van der Waals surface area contributed by atoms with Crippen LogP contribution in [0, 0.1) is 0 Å². The molecular formula is C14H15N3. The molecule has 1 aliphatic rings. The highest BCUT2D eigenvalue weighted by atomic mass is 14.9. The first kappa shape index (κ1) is 10.1. The molecule has 0 atom stereocenters. The number of rotatable bonds is 2. The second kappa shape index (κ2) is 3.77. The van der Waals surface area contributed by atoms with Crippen LogP contribution in [0.1, 0.15) is 24.3 Å². The number of benzene rings is 1. The molecule has 1 fully saturated rings. The Bertz CT molecular complexity index is 559. The molecule has 2 aromatic rings. The molecule has 0 saturated heterocycles. The van der Waals surface area contributed by atoms with Crippen molar-refractivity contribution in [2.75, 3.05) is 11.5 Å². The topological polar surface area (TPSA) is 64.9 Å². The Kier molecular flexibility index (Phi) is 2.25. The predicted octanol–water partition coefficient (Wildman–Crippen LogP) is 2.79. The van der Waals surface area contributed by atoms with Crippen LogP contribution in [0.3, 0.4) is 0 Å². The molecule has 86 valence electrons. The minimum atomic E-state index is 0.468. The van der Waals surface area contributed by atoms with Gasteiger partial charge in [0.25, 0.3) is 0 Å². The van der Waals surface area contributed by atoms with Crippen molar-refractivity contribution in [3.8, 4) is 11.1 Å². The summed E-state index contributed by atoms with van der Waals surface area (Å²) in [6, 6.07) is 12.2. The van der Waals surface area contributed by atoms with Gasteiger partial charge in [0.05, 0.1) is 0 Å². The predicted molar refractivity (Wildman–Crippen MR) is 70.5 cm³/mol. The van der Waals surface area contributed by atoms with Gasteiger partial charge in [0.2, 0.25) is 0 Å². The van der Waals surface area contributed by atoms with E-state index in [0.717, 1.165) is 5.56 Å². The lowest BCUT2D eigenvalue weighted by Gasteiger charge is -2.10. The maximum atomic E-state index is 5.95. The van der Waals surface area contributed by atoms with E-state index in [1.165, 1.54) is 24.0 Å². The van der Waals surface area contributed by atoms with Crippen LogP contribution >= 0.6 is 0 Å². The largest absolute Gasteiger partial charge is 0.384 e. The average Bonchev–Trinajstić information content (AvgIpc) is 3.13. The number of hydrogen-bond donors (Lipinski definition) is 2. The second-order valence-corrected chi connectivity index (χ2v) is 4.53. The van der Waals surface area contributed by atoms with Gasteiger partial charge in [-0.25, -0.2) is 4.98 Å². The molecular weight excluding hydrogens is 210 g/mol. The fourth-order valence-corrected chi connectivity index (χ4v) is 2.21. The van der Waals surface area contributed by atoms with Crippen molar-refractivity contribution in [1.82, 2.24) is 4.98 Å². The lowest BCUT2D eigenvalue weighted by atomic mass is 9.97. The van der Waals surface area contributed by atoms with Crippen LogP contribution in [0.5, 0.6) is 0 Å². The van der Waals surface area contributed by atoms with Crippen LogP contribution in [0.15, 0.2) is 36.4 Å². The van der Waals surface area contributed by atoms with Crippen LogP contribution in [-0.2, 0) is 0 Å². The van der Waals surface area contributed by atoms with Crippen molar-refractivity contribution < 1.29 is 0 Å². The third-order valence-corrected chi connectivity index (χ3v) is 3.21. The summed E-state index contributed by atoms with van der Waals surface area (Å²) in [7, 11) is 0. The van der Waals surface area contributed by atoms with E-state index < -0.39 is 0 Å². The van der Waals surface area contributed by atoms with Crippen molar-refractivity contribution in [1.29, 1.82) is 0 Å². The van der Waals surface area contributed by atoms with Crippen molar-refractivity contribution >= 4 is 11.6 Å². The molecule has 0 spiro atoms. The summed E-state index contributed by atoms with van der Waals surface area (Å²) in [6.07, 6.45) is 2.55. The second-order valence-electron chi connectivity index (χ2n) is 4.53. The van der Waals surface area contributed by atoms with Gasteiger partial charge in [-0.05, 0) is 42.0 Å². The van der Waals surface area contributed by atoms with E-state index >= 15 is 0 Å². The van der Waals surface area contributed by atoms with E-state index in [-0.39, 0.29) is 0 Å². The van der Waals surface area contributed by atoms with Crippen molar-refractivity contribution in [3.63, 3.8) is 0 Å². The Morgan fingerprint density at radius 2 is 1.71 bits per heavy atom. The molecule has 0 aliphatic heterocycles. The SMILES string of the molecule is Nc1ccc(-c2ccccc2C2CC2)c(N)n1. The molecule has 3 nitrogen and oxygen atoms in total. The lowest BCUT2D eigenvalue weighted by Crippen LogP contribution is -1.99. The standard InChI is InChI=1S/C14H15N3/c15-13-8-7-12(14(16)17-13)11-4-2-1-3-10(11)9-5-6-9/h1-4,7-9H,5-6H2,(H4,15,16,17). The molecule has 1 aromatic carbocycles. The Morgan fingerprint density at radius 1 is 0.941 bits per heavy atom. The van der Waals surface area contributed by atoms with Crippen molar-refractivity contribution in [2.24, 2.45) is 0 Å². The van der Waals surface area contributed by atoms with Crippen LogP contribution in [-0.4, -0.2) is 4.98 Å². The molecule has 1 heterocycles. The summed E-state index contributed by atoms with van der Waals surface area (Å²) in [4.78, 5) is 4.13. The zero-order valence-electron chi connectivity index (χ0n) is 9.56. The van der Waals surface area contributed by atoms with Crippen LogP contribution in [0.2, 0.25) is 0 Å². The van der Waals surface area contributed by atoms with Gasteiger partial charge in [-0.1, -0.05) is 24.3 Å². The average molecular weight is 225 g/mol.